The summed E-state index contributed by atoms with van der Waals surface area (Å²) in [5.74, 6) is -0.640. The number of amides is 1. The number of aromatic nitrogens is 2. The van der Waals surface area contributed by atoms with Gasteiger partial charge < -0.3 is 9.64 Å². The van der Waals surface area contributed by atoms with E-state index in [-0.39, 0.29) is 17.8 Å². The van der Waals surface area contributed by atoms with E-state index in [1.54, 1.807) is 40.9 Å². The summed E-state index contributed by atoms with van der Waals surface area (Å²) in [4.78, 5) is 26.7. The van der Waals surface area contributed by atoms with Crippen LogP contribution in [-0.2, 0) is 9.53 Å². The SMILES string of the molecule is CCOC(=O)C1CCCN(C(=O)c2cnn(-c3ccc(Cl)c(Cl)c3)c2C)C1. The quantitative estimate of drug-likeness (QED) is 0.718. The number of carbonyl (C=O) groups is 2. The Labute approximate surface area is 168 Å². The first-order valence-electron chi connectivity index (χ1n) is 8.88. The Morgan fingerprint density at radius 2 is 2.07 bits per heavy atom. The molecule has 0 bridgehead atoms. The predicted octanol–water partition coefficient (Wildman–Crippen LogP) is 3.90. The summed E-state index contributed by atoms with van der Waals surface area (Å²) in [6.45, 7) is 4.94. The van der Waals surface area contributed by atoms with Crippen LogP contribution in [0.2, 0.25) is 10.0 Å². The van der Waals surface area contributed by atoms with Crippen LogP contribution in [0.4, 0.5) is 0 Å². The van der Waals surface area contributed by atoms with Crippen LogP contribution >= 0.6 is 23.2 Å². The fourth-order valence-electron chi connectivity index (χ4n) is 3.28. The normalized spacial score (nSPS) is 17.0. The van der Waals surface area contributed by atoms with Gasteiger partial charge in [-0.25, -0.2) is 4.68 Å². The smallest absolute Gasteiger partial charge is 0.310 e. The molecular weight excluding hydrogens is 389 g/mol. The standard InChI is InChI=1S/C19H21Cl2N3O3/c1-3-27-19(26)13-5-4-8-23(11-13)18(25)15-10-22-24(12(15)2)14-6-7-16(20)17(21)9-14/h6-7,9-10,13H,3-5,8,11H2,1-2H3. The number of likely N-dealkylation sites (tertiary alicyclic amines) is 1. The van der Waals surface area contributed by atoms with Crippen LogP contribution in [0, 0.1) is 12.8 Å². The Bertz CT molecular complexity index is 866. The molecule has 1 atom stereocenters. The average molecular weight is 410 g/mol. The first-order chi connectivity index (χ1) is 12.9. The molecular formula is C19H21Cl2N3O3. The third-order valence-corrected chi connectivity index (χ3v) is 5.46. The van der Waals surface area contributed by atoms with Crippen LogP contribution in [-0.4, -0.2) is 46.3 Å². The zero-order valence-corrected chi connectivity index (χ0v) is 16.8. The minimum absolute atomic E-state index is 0.132. The van der Waals surface area contributed by atoms with Crippen molar-refractivity contribution in [2.24, 2.45) is 5.92 Å². The maximum atomic E-state index is 13.0. The maximum Gasteiger partial charge on any atom is 0.310 e. The van der Waals surface area contributed by atoms with E-state index >= 15 is 0 Å². The summed E-state index contributed by atoms with van der Waals surface area (Å²) in [7, 11) is 0. The molecule has 1 fully saturated rings. The van der Waals surface area contributed by atoms with Crippen LogP contribution in [0.15, 0.2) is 24.4 Å². The van der Waals surface area contributed by atoms with Gasteiger partial charge in [-0.2, -0.15) is 5.10 Å². The molecule has 1 aromatic heterocycles. The van der Waals surface area contributed by atoms with Crippen LogP contribution in [0.3, 0.4) is 0 Å². The summed E-state index contributed by atoms with van der Waals surface area (Å²) in [5.41, 5.74) is 1.94. The molecule has 0 radical (unpaired) electrons. The van der Waals surface area contributed by atoms with Crippen molar-refractivity contribution >= 4 is 35.1 Å². The highest BCUT2D eigenvalue weighted by Crippen LogP contribution is 2.26. The molecule has 8 heteroatoms. The topological polar surface area (TPSA) is 64.4 Å². The lowest BCUT2D eigenvalue weighted by molar-refractivity contribution is -0.149. The van der Waals surface area contributed by atoms with Gasteiger partial charge in [0.1, 0.15) is 0 Å². The molecule has 1 saturated heterocycles. The zero-order valence-electron chi connectivity index (χ0n) is 15.2. The van der Waals surface area contributed by atoms with Crippen molar-refractivity contribution in [3.8, 4) is 5.69 Å². The molecule has 1 aliphatic rings. The van der Waals surface area contributed by atoms with Gasteiger partial charge >= 0.3 is 5.97 Å². The molecule has 2 aromatic rings. The molecule has 6 nitrogen and oxygen atoms in total. The Morgan fingerprint density at radius 1 is 1.30 bits per heavy atom. The highest BCUT2D eigenvalue weighted by atomic mass is 35.5. The van der Waals surface area contributed by atoms with Crippen LogP contribution < -0.4 is 0 Å². The van der Waals surface area contributed by atoms with Crippen molar-refractivity contribution in [2.75, 3.05) is 19.7 Å². The van der Waals surface area contributed by atoms with E-state index < -0.39 is 0 Å². The molecule has 144 valence electrons. The first kappa shape index (κ1) is 19.7. The summed E-state index contributed by atoms with van der Waals surface area (Å²) < 4.78 is 6.76. The Kier molecular flexibility index (Phi) is 6.07. The first-order valence-corrected chi connectivity index (χ1v) is 9.64. The van der Waals surface area contributed by atoms with Gasteiger partial charge in [0.25, 0.3) is 5.91 Å². The number of benzene rings is 1. The Balaban J connectivity index is 1.80. The number of ether oxygens (including phenoxy) is 1. The highest BCUT2D eigenvalue weighted by molar-refractivity contribution is 6.42. The highest BCUT2D eigenvalue weighted by Gasteiger charge is 2.31. The molecule has 1 aromatic carbocycles. The van der Waals surface area contributed by atoms with Crippen molar-refractivity contribution in [1.29, 1.82) is 0 Å². The monoisotopic (exact) mass is 409 g/mol. The third-order valence-electron chi connectivity index (χ3n) is 4.72. The lowest BCUT2D eigenvalue weighted by atomic mass is 9.97. The number of esters is 1. The van der Waals surface area contributed by atoms with Gasteiger partial charge in [0.2, 0.25) is 0 Å². The number of piperidine rings is 1. The number of halogens is 2. The molecule has 0 N–H and O–H groups in total. The van der Waals surface area contributed by atoms with Crippen molar-refractivity contribution < 1.29 is 14.3 Å². The molecule has 1 amide bonds. The van der Waals surface area contributed by atoms with Crippen molar-refractivity contribution in [2.45, 2.75) is 26.7 Å². The van der Waals surface area contributed by atoms with Gasteiger partial charge in [0.15, 0.2) is 0 Å². The fourth-order valence-corrected chi connectivity index (χ4v) is 3.57. The fraction of sp³-hybridized carbons (Fsp3) is 0.421. The molecule has 0 aliphatic carbocycles. The number of carbonyl (C=O) groups excluding carboxylic acids is 2. The lowest BCUT2D eigenvalue weighted by Gasteiger charge is -2.31. The van der Waals surface area contributed by atoms with E-state index in [1.807, 2.05) is 6.92 Å². The molecule has 3 rings (SSSR count). The van der Waals surface area contributed by atoms with E-state index in [0.717, 1.165) is 18.5 Å². The van der Waals surface area contributed by atoms with E-state index in [0.29, 0.717) is 41.0 Å². The minimum Gasteiger partial charge on any atom is -0.466 e. The summed E-state index contributed by atoms with van der Waals surface area (Å²) in [5, 5.41) is 5.21. The van der Waals surface area contributed by atoms with E-state index in [9.17, 15) is 9.59 Å². The molecule has 27 heavy (non-hydrogen) atoms. The summed E-state index contributed by atoms with van der Waals surface area (Å²) >= 11 is 12.1. The van der Waals surface area contributed by atoms with Crippen molar-refractivity contribution in [1.82, 2.24) is 14.7 Å². The van der Waals surface area contributed by atoms with Gasteiger partial charge in [-0.1, -0.05) is 23.2 Å². The van der Waals surface area contributed by atoms with E-state index in [4.69, 9.17) is 27.9 Å². The summed E-state index contributed by atoms with van der Waals surface area (Å²) in [6, 6.07) is 5.19. The summed E-state index contributed by atoms with van der Waals surface area (Å²) in [6.07, 6.45) is 3.06. The van der Waals surface area contributed by atoms with Crippen molar-refractivity contribution in [3.05, 3.63) is 45.7 Å². The van der Waals surface area contributed by atoms with Crippen LogP contribution in [0.25, 0.3) is 5.69 Å². The molecule has 0 saturated carbocycles. The third kappa shape index (κ3) is 4.12. The van der Waals surface area contributed by atoms with Gasteiger partial charge in [-0.15, -0.1) is 0 Å². The van der Waals surface area contributed by atoms with Gasteiger partial charge in [-0.3, -0.25) is 9.59 Å². The van der Waals surface area contributed by atoms with E-state index in [1.165, 1.54) is 0 Å². The number of hydrogen-bond acceptors (Lipinski definition) is 4. The zero-order chi connectivity index (χ0) is 19.6. The molecule has 0 spiro atoms. The second-order valence-corrected chi connectivity index (χ2v) is 7.31. The molecule has 1 unspecified atom stereocenters. The maximum absolute atomic E-state index is 13.0. The van der Waals surface area contributed by atoms with Gasteiger partial charge in [0, 0.05) is 13.1 Å². The average Bonchev–Trinajstić information content (AvgIpc) is 3.05. The largest absolute Gasteiger partial charge is 0.466 e. The predicted molar refractivity (Wildman–Crippen MR) is 104 cm³/mol. The second-order valence-electron chi connectivity index (χ2n) is 6.50. The molecule has 1 aliphatic heterocycles. The Morgan fingerprint density at radius 3 is 2.78 bits per heavy atom. The van der Waals surface area contributed by atoms with Gasteiger partial charge in [-0.05, 0) is 44.9 Å². The van der Waals surface area contributed by atoms with Crippen LogP contribution in [0.5, 0.6) is 0 Å². The Hall–Kier alpha value is -2.05. The van der Waals surface area contributed by atoms with E-state index in [2.05, 4.69) is 5.10 Å². The van der Waals surface area contributed by atoms with Crippen LogP contribution in [0.1, 0.15) is 35.8 Å². The lowest BCUT2D eigenvalue weighted by Crippen LogP contribution is -2.43. The number of rotatable bonds is 4. The number of nitrogens with zero attached hydrogens (tertiary/aromatic N) is 3. The van der Waals surface area contributed by atoms with Crippen molar-refractivity contribution in [3.63, 3.8) is 0 Å². The number of hydrogen-bond donors (Lipinski definition) is 0. The second kappa shape index (κ2) is 8.31. The molecule has 2 heterocycles. The minimum atomic E-state index is -0.270. The van der Waals surface area contributed by atoms with Gasteiger partial charge in [0.05, 0.1) is 45.7 Å².